The van der Waals surface area contributed by atoms with E-state index in [2.05, 4.69) is 6.07 Å². The first-order valence-corrected chi connectivity index (χ1v) is 8.58. The van der Waals surface area contributed by atoms with Gasteiger partial charge in [-0.15, -0.1) is 0 Å². The molecule has 1 aromatic carbocycles. The number of rotatable bonds is 6. The summed E-state index contributed by atoms with van der Waals surface area (Å²) in [6.07, 6.45) is 1.20. The van der Waals surface area contributed by atoms with E-state index in [1.807, 2.05) is 33.0 Å². The number of aliphatic hydroxyl groups excluding tert-OH is 1. The highest BCUT2D eigenvalue weighted by atomic mass is 16.5. The van der Waals surface area contributed by atoms with Gasteiger partial charge in [-0.05, 0) is 50.3 Å². The van der Waals surface area contributed by atoms with Crippen LogP contribution in [0.4, 0.5) is 0 Å². The molecule has 24 heavy (non-hydrogen) atoms. The van der Waals surface area contributed by atoms with Crippen molar-refractivity contribution in [2.75, 3.05) is 27.3 Å². The molecule has 0 bridgehead atoms. The van der Waals surface area contributed by atoms with Gasteiger partial charge in [-0.3, -0.25) is 4.79 Å². The fraction of sp³-hybridized carbons (Fsp3) is 0.632. The molecule has 1 aliphatic carbocycles. The zero-order valence-electron chi connectivity index (χ0n) is 15.1. The van der Waals surface area contributed by atoms with Crippen LogP contribution in [0.3, 0.4) is 0 Å². The zero-order valence-corrected chi connectivity index (χ0v) is 15.1. The molecule has 1 aromatic rings. The second-order valence-electron chi connectivity index (χ2n) is 6.73. The van der Waals surface area contributed by atoms with Crippen LogP contribution in [-0.4, -0.2) is 55.4 Å². The van der Waals surface area contributed by atoms with E-state index in [-0.39, 0.29) is 17.9 Å². The Labute approximate surface area is 144 Å². The van der Waals surface area contributed by atoms with Crippen molar-refractivity contribution in [3.8, 4) is 5.75 Å². The van der Waals surface area contributed by atoms with Gasteiger partial charge in [-0.2, -0.15) is 0 Å². The largest absolute Gasteiger partial charge is 0.491 e. The van der Waals surface area contributed by atoms with Crippen LogP contribution in [-0.2, 0) is 9.53 Å². The Morgan fingerprint density at radius 1 is 1.33 bits per heavy atom. The van der Waals surface area contributed by atoms with E-state index in [9.17, 15) is 9.90 Å². The number of aliphatic hydroxyl groups is 1. The van der Waals surface area contributed by atoms with Gasteiger partial charge in [0.25, 0.3) is 0 Å². The number of likely N-dealkylation sites (N-methyl/N-ethyl adjacent to an activating group) is 1. The van der Waals surface area contributed by atoms with Gasteiger partial charge in [0, 0.05) is 20.1 Å². The highest BCUT2D eigenvalue weighted by molar-refractivity contribution is 5.78. The molecule has 3 unspecified atom stereocenters. The van der Waals surface area contributed by atoms with Crippen LogP contribution in [0, 0.1) is 19.8 Å². The number of nitrogens with zero attached hydrogens (tertiary/aromatic N) is 1. The molecule has 0 radical (unpaired) electrons. The smallest absolute Gasteiger partial charge is 0.225 e. The summed E-state index contributed by atoms with van der Waals surface area (Å²) < 4.78 is 11.1. The lowest BCUT2D eigenvalue weighted by molar-refractivity contribution is -0.139. The summed E-state index contributed by atoms with van der Waals surface area (Å²) in [6, 6.07) is 6.11. The van der Waals surface area contributed by atoms with Crippen LogP contribution in [0.2, 0.25) is 0 Å². The summed E-state index contributed by atoms with van der Waals surface area (Å²) in [5.41, 5.74) is 2.25. The van der Waals surface area contributed by atoms with Crippen molar-refractivity contribution in [3.63, 3.8) is 0 Å². The van der Waals surface area contributed by atoms with E-state index in [1.54, 1.807) is 12.0 Å². The molecule has 134 valence electrons. The van der Waals surface area contributed by atoms with Gasteiger partial charge in [0.1, 0.15) is 12.4 Å². The van der Waals surface area contributed by atoms with E-state index in [0.717, 1.165) is 16.9 Å². The predicted octanol–water partition coefficient (Wildman–Crippen LogP) is 2.32. The van der Waals surface area contributed by atoms with Crippen LogP contribution < -0.4 is 4.74 Å². The number of amides is 1. The molecule has 1 amide bonds. The molecule has 1 aliphatic rings. The molecule has 5 nitrogen and oxygen atoms in total. The lowest BCUT2D eigenvalue weighted by Crippen LogP contribution is -2.43. The maximum atomic E-state index is 12.6. The minimum atomic E-state index is -0.461. The highest BCUT2D eigenvalue weighted by Gasteiger charge is 2.34. The van der Waals surface area contributed by atoms with Crippen LogP contribution >= 0.6 is 0 Å². The summed E-state index contributed by atoms with van der Waals surface area (Å²) in [7, 11) is 3.39. The predicted molar refractivity (Wildman–Crippen MR) is 93.2 cm³/mol. The minimum Gasteiger partial charge on any atom is -0.491 e. The average molecular weight is 335 g/mol. The van der Waals surface area contributed by atoms with Gasteiger partial charge in [0.15, 0.2) is 0 Å². The molecule has 0 spiro atoms. The van der Waals surface area contributed by atoms with E-state index in [4.69, 9.17) is 9.47 Å². The molecule has 1 fully saturated rings. The van der Waals surface area contributed by atoms with E-state index in [0.29, 0.717) is 32.4 Å². The fourth-order valence-electron chi connectivity index (χ4n) is 3.17. The Morgan fingerprint density at radius 2 is 2.08 bits per heavy atom. The zero-order chi connectivity index (χ0) is 17.7. The number of hydrogen-bond donors (Lipinski definition) is 1. The van der Waals surface area contributed by atoms with Gasteiger partial charge in [0.2, 0.25) is 5.91 Å². The van der Waals surface area contributed by atoms with Crippen molar-refractivity contribution in [1.29, 1.82) is 0 Å². The Bertz CT molecular complexity index is 560. The average Bonchev–Trinajstić information content (AvgIpc) is 2.57. The van der Waals surface area contributed by atoms with Gasteiger partial charge in [-0.1, -0.05) is 12.1 Å². The number of ether oxygens (including phenoxy) is 2. The second-order valence-corrected chi connectivity index (χ2v) is 6.73. The molecule has 3 atom stereocenters. The maximum absolute atomic E-state index is 12.6. The minimum absolute atomic E-state index is 0.0796. The van der Waals surface area contributed by atoms with Crippen LogP contribution in [0.5, 0.6) is 5.75 Å². The van der Waals surface area contributed by atoms with Gasteiger partial charge < -0.3 is 19.5 Å². The van der Waals surface area contributed by atoms with Gasteiger partial charge in [0.05, 0.1) is 18.8 Å². The SMILES string of the molecule is COC1CC(C(=O)N(C)CCOc2cc(C)ccc2C)CCC1O. The summed E-state index contributed by atoms with van der Waals surface area (Å²) in [4.78, 5) is 14.3. The van der Waals surface area contributed by atoms with E-state index >= 15 is 0 Å². The Balaban J connectivity index is 1.82. The lowest BCUT2D eigenvalue weighted by Gasteiger charge is -2.33. The van der Waals surface area contributed by atoms with E-state index < -0.39 is 6.10 Å². The molecular formula is C19H29NO4. The first-order valence-electron chi connectivity index (χ1n) is 8.58. The van der Waals surface area contributed by atoms with Crippen LogP contribution in [0.25, 0.3) is 0 Å². The number of benzene rings is 1. The summed E-state index contributed by atoms with van der Waals surface area (Å²) in [5.74, 6) is 0.897. The van der Waals surface area contributed by atoms with Crippen LogP contribution in [0.15, 0.2) is 18.2 Å². The van der Waals surface area contributed by atoms with Gasteiger partial charge >= 0.3 is 0 Å². The maximum Gasteiger partial charge on any atom is 0.225 e. The summed E-state index contributed by atoms with van der Waals surface area (Å²) in [5, 5.41) is 9.85. The number of aryl methyl sites for hydroxylation is 2. The van der Waals surface area contributed by atoms with Crippen molar-refractivity contribution >= 4 is 5.91 Å². The third-order valence-corrected chi connectivity index (χ3v) is 4.81. The molecule has 1 saturated carbocycles. The third-order valence-electron chi connectivity index (χ3n) is 4.81. The number of carbonyl (C=O) groups excluding carboxylic acids is 1. The van der Waals surface area contributed by atoms with Gasteiger partial charge in [-0.25, -0.2) is 0 Å². The Hall–Kier alpha value is -1.59. The summed E-state index contributed by atoms with van der Waals surface area (Å²) >= 11 is 0. The molecule has 1 N–H and O–H groups in total. The fourth-order valence-corrected chi connectivity index (χ4v) is 3.17. The first kappa shape index (κ1) is 18.7. The van der Waals surface area contributed by atoms with Crippen molar-refractivity contribution in [2.24, 2.45) is 5.92 Å². The Kier molecular flexibility index (Phi) is 6.63. The highest BCUT2D eigenvalue weighted by Crippen LogP contribution is 2.28. The topological polar surface area (TPSA) is 59.0 Å². The first-order chi connectivity index (χ1) is 11.4. The summed E-state index contributed by atoms with van der Waals surface area (Å²) in [6.45, 7) is 5.06. The van der Waals surface area contributed by atoms with Crippen molar-refractivity contribution < 1.29 is 19.4 Å². The van der Waals surface area contributed by atoms with Crippen LogP contribution in [0.1, 0.15) is 30.4 Å². The molecule has 0 aliphatic heterocycles. The number of hydrogen-bond acceptors (Lipinski definition) is 4. The monoisotopic (exact) mass is 335 g/mol. The standard InChI is InChI=1S/C19H29NO4/c1-13-5-6-14(2)17(11-13)24-10-9-20(3)19(22)15-7-8-16(21)18(12-15)23-4/h5-6,11,15-16,18,21H,7-10,12H2,1-4H3. The lowest BCUT2D eigenvalue weighted by atomic mass is 9.84. The molecule has 5 heteroatoms. The molecule has 0 saturated heterocycles. The van der Waals surface area contributed by atoms with E-state index in [1.165, 1.54) is 0 Å². The Morgan fingerprint density at radius 3 is 2.79 bits per heavy atom. The number of methoxy groups -OCH3 is 1. The molecule has 0 heterocycles. The number of carbonyl (C=O) groups is 1. The van der Waals surface area contributed by atoms with Crippen molar-refractivity contribution in [3.05, 3.63) is 29.3 Å². The van der Waals surface area contributed by atoms with Crippen molar-refractivity contribution in [1.82, 2.24) is 4.90 Å². The molecule has 2 rings (SSSR count). The second kappa shape index (κ2) is 8.49. The quantitative estimate of drug-likeness (QED) is 0.867. The normalized spacial score (nSPS) is 23.8. The van der Waals surface area contributed by atoms with Crippen molar-refractivity contribution in [2.45, 2.75) is 45.3 Å². The molecule has 0 aromatic heterocycles. The molecular weight excluding hydrogens is 306 g/mol. The third kappa shape index (κ3) is 4.71.